The SMILES string of the molecule is c1cnc(-n2cncn2)c(CNC2CSCCSC2)c1. The van der Waals surface area contributed by atoms with E-state index in [4.69, 9.17) is 0 Å². The molecule has 2 aromatic heterocycles. The van der Waals surface area contributed by atoms with Gasteiger partial charge in [0, 0.05) is 47.4 Å². The molecule has 106 valence electrons. The second kappa shape index (κ2) is 7.10. The van der Waals surface area contributed by atoms with Gasteiger partial charge in [-0.3, -0.25) is 0 Å². The minimum Gasteiger partial charge on any atom is -0.308 e. The van der Waals surface area contributed by atoms with Gasteiger partial charge in [0.15, 0.2) is 5.82 Å². The maximum atomic E-state index is 4.41. The molecule has 1 fully saturated rings. The van der Waals surface area contributed by atoms with Crippen LogP contribution < -0.4 is 5.32 Å². The topological polar surface area (TPSA) is 55.6 Å². The second-order valence-corrected chi connectivity index (χ2v) is 6.85. The quantitative estimate of drug-likeness (QED) is 0.926. The summed E-state index contributed by atoms with van der Waals surface area (Å²) in [5.74, 6) is 5.75. The Bertz CT molecular complexity index is 523. The van der Waals surface area contributed by atoms with E-state index in [1.54, 1.807) is 17.2 Å². The number of nitrogens with one attached hydrogen (secondary N) is 1. The van der Waals surface area contributed by atoms with E-state index in [0.29, 0.717) is 6.04 Å². The lowest BCUT2D eigenvalue weighted by atomic mass is 10.2. The van der Waals surface area contributed by atoms with Crippen LogP contribution in [-0.4, -0.2) is 48.8 Å². The summed E-state index contributed by atoms with van der Waals surface area (Å²) in [6.07, 6.45) is 5.01. The van der Waals surface area contributed by atoms with Crippen LogP contribution in [0.2, 0.25) is 0 Å². The molecule has 0 amide bonds. The van der Waals surface area contributed by atoms with Crippen molar-refractivity contribution in [3.63, 3.8) is 0 Å². The van der Waals surface area contributed by atoms with Crippen LogP contribution in [0.4, 0.5) is 0 Å². The molecule has 1 saturated heterocycles. The van der Waals surface area contributed by atoms with Gasteiger partial charge in [-0.2, -0.15) is 28.6 Å². The molecule has 0 aliphatic carbocycles. The number of nitrogens with zero attached hydrogens (tertiary/aromatic N) is 4. The van der Waals surface area contributed by atoms with E-state index in [-0.39, 0.29) is 0 Å². The first-order valence-corrected chi connectivity index (χ1v) is 8.92. The Morgan fingerprint density at radius 2 is 2.15 bits per heavy atom. The standard InChI is InChI=1S/C13H17N5S2/c1-2-11(6-16-12-7-19-4-5-20-8-12)13(15-3-1)18-10-14-9-17-18/h1-3,9-10,12,16H,4-8H2. The van der Waals surface area contributed by atoms with Gasteiger partial charge in [0.1, 0.15) is 12.7 Å². The van der Waals surface area contributed by atoms with Crippen molar-refractivity contribution in [3.8, 4) is 5.82 Å². The van der Waals surface area contributed by atoms with Crippen LogP contribution >= 0.6 is 23.5 Å². The van der Waals surface area contributed by atoms with Crippen molar-refractivity contribution in [2.75, 3.05) is 23.0 Å². The van der Waals surface area contributed by atoms with Crippen LogP contribution in [-0.2, 0) is 6.54 Å². The highest BCUT2D eigenvalue weighted by atomic mass is 32.2. The van der Waals surface area contributed by atoms with E-state index in [2.05, 4.69) is 26.4 Å². The summed E-state index contributed by atoms with van der Waals surface area (Å²) in [6, 6.07) is 4.62. The van der Waals surface area contributed by atoms with Gasteiger partial charge in [0.25, 0.3) is 0 Å². The van der Waals surface area contributed by atoms with Gasteiger partial charge >= 0.3 is 0 Å². The summed E-state index contributed by atoms with van der Waals surface area (Å²) < 4.78 is 1.72. The lowest BCUT2D eigenvalue weighted by Crippen LogP contribution is -2.33. The Balaban J connectivity index is 1.68. The Morgan fingerprint density at radius 3 is 2.90 bits per heavy atom. The van der Waals surface area contributed by atoms with Gasteiger partial charge in [-0.05, 0) is 6.07 Å². The van der Waals surface area contributed by atoms with Crippen molar-refractivity contribution in [3.05, 3.63) is 36.5 Å². The molecule has 5 nitrogen and oxygen atoms in total. The largest absolute Gasteiger partial charge is 0.308 e. The molecule has 0 atom stereocenters. The molecule has 3 rings (SSSR count). The number of hydrogen-bond donors (Lipinski definition) is 1. The molecular weight excluding hydrogens is 290 g/mol. The first-order chi connectivity index (χ1) is 9.93. The maximum Gasteiger partial charge on any atom is 0.159 e. The average molecular weight is 307 g/mol. The second-order valence-electron chi connectivity index (χ2n) is 4.55. The molecule has 1 N–H and O–H groups in total. The molecule has 0 saturated carbocycles. The normalized spacial score (nSPS) is 17.0. The van der Waals surface area contributed by atoms with Crippen LogP contribution in [0.15, 0.2) is 31.0 Å². The van der Waals surface area contributed by atoms with Crippen molar-refractivity contribution in [2.24, 2.45) is 0 Å². The van der Waals surface area contributed by atoms with E-state index >= 15 is 0 Å². The van der Waals surface area contributed by atoms with E-state index in [1.807, 2.05) is 29.6 Å². The third-order valence-electron chi connectivity index (χ3n) is 3.09. The fourth-order valence-corrected chi connectivity index (χ4v) is 4.55. The van der Waals surface area contributed by atoms with Gasteiger partial charge in [0.05, 0.1) is 0 Å². The number of aromatic nitrogens is 4. The van der Waals surface area contributed by atoms with Gasteiger partial charge in [0.2, 0.25) is 0 Å². The molecule has 20 heavy (non-hydrogen) atoms. The van der Waals surface area contributed by atoms with Crippen molar-refractivity contribution >= 4 is 23.5 Å². The molecule has 3 heterocycles. The van der Waals surface area contributed by atoms with Gasteiger partial charge in [-0.15, -0.1) is 0 Å². The Hall–Kier alpha value is -1.05. The molecule has 0 radical (unpaired) electrons. The van der Waals surface area contributed by atoms with Crippen molar-refractivity contribution < 1.29 is 0 Å². The van der Waals surface area contributed by atoms with Crippen LogP contribution in [0.5, 0.6) is 0 Å². The zero-order valence-corrected chi connectivity index (χ0v) is 12.7. The predicted octanol–water partition coefficient (Wildman–Crippen LogP) is 1.60. The third-order valence-corrected chi connectivity index (χ3v) is 5.61. The summed E-state index contributed by atoms with van der Waals surface area (Å²) in [4.78, 5) is 8.40. The Labute approximate surface area is 127 Å². The lowest BCUT2D eigenvalue weighted by Gasteiger charge is -2.16. The van der Waals surface area contributed by atoms with Crippen molar-refractivity contribution in [2.45, 2.75) is 12.6 Å². The molecule has 1 aliphatic heterocycles. The molecule has 7 heteroatoms. The molecule has 0 aromatic carbocycles. The van der Waals surface area contributed by atoms with Crippen LogP contribution in [0.25, 0.3) is 5.82 Å². The van der Waals surface area contributed by atoms with Crippen molar-refractivity contribution in [1.29, 1.82) is 0 Å². The summed E-state index contributed by atoms with van der Waals surface area (Å²) in [6.45, 7) is 0.814. The minimum atomic E-state index is 0.566. The molecule has 0 unspecified atom stereocenters. The van der Waals surface area contributed by atoms with Crippen LogP contribution in [0.3, 0.4) is 0 Å². The summed E-state index contributed by atoms with van der Waals surface area (Å²) >= 11 is 4.07. The van der Waals surface area contributed by atoms with Gasteiger partial charge in [-0.25, -0.2) is 14.6 Å². The molecule has 0 bridgehead atoms. The Kier molecular flexibility index (Phi) is 4.94. The van der Waals surface area contributed by atoms with Gasteiger partial charge < -0.3 is 5.32 Å². The first-order valence-electron chi connectivity index (χ1n) is 6.61. The average Bonchev–Trinajstić information content (AvgIpc) is 2.89. The summed E-state index contributed by atoms with van der Waals surface area (Å²) in [7, 11) is 0. The minimum absolute atomic E-state index is 0.566. The number of hydrogen-bond acceptors (Lipinski definition) is 6. The number of pyridine rings is 1. The summed E-state index contributed by atoms with van der Waals surface area (Å²) in [5.41, 5.74) is 1.15. The molecular formula is C13H17N5S2. The monoisotopic (exact) mass is 307 g/mol. The maximum absolute atomic E-state index is 4.41. The van der Waals surface area contributed by atoms with Crippen molar-refractivity contribution in [1.82, 2.24) is 25.1 Å². The smallest absolute Gasteiger partial charge is 0.159 e. The van der Waals surface area contributed by atoms with Gasteiger partial charge in [-0.1, -0.05) is 6.07 Å². The summed E-state index contributed by atoms with van der Waals surface area (Å²) in [5, 5.41) is 7.80. The lowest BCUT2D eigenvalue weighted by molar-refractivity contribution is 0.599. The molecule has 2 aromatic rings. The van der Waals surface area contributed by atoms with E-state index in [1.165, 1.54) is 29.3 Å². The van der Waals surface area contributed by atoms with E-state index < -0.39 is 0 Å². The highest BCUT2D eigenvalue weighted by Crippen LogP contribution is 2.17. The van der Waals surface area contributed by atoms with Crippen LogP contribution in [0, 0.1) is 0 Å². The van der Waals surface area contributed by atoms with Crippen LogP contribution in [0.1, 0.15) is 5.56 Å². The molecule has 0 spiro atoms. The zero-order valence-electron chi connectivity index (χ0n) is 11.1. The Morgan fingerprint density at radius 1 is 1.30 bits per heavy atom. The zero-order chi connectivity index (χ0) is 13.6. The highest BCUT2D eigenvalue weighted by Gasteiger charge is 2.13. The fraction of sp³-hybridized carbons (Fsp3) is 0.462. The van der Waals surface area contributed by atoms with E-state index in [9.17, 15) is 0 Å². The number of rotatable bonds is 4. The number of thioether (sulfide) groups is 2. The third kappa shape index (κ3) is 3.53. The highest BCUT2D eigenvalue weighted by molar-refractivity contribution is 8.03. The predicted molar refractivity (Wildman–Crippen MR) is 84.4 cm³/mol. The first kappa shape index (κ1) is 13.9. The fourth-order valence-electron chi connectivity index (χ4n) is 2.08. The molecule has 1 aliphatic rings. The van der Waals surface area contributed by atoms with E-state index in [0.717, 1.165) is 17.9 Å².